The lowest BCUT2D eigenvalue weighted by atomic mass is 9.82. The van der Waals surface area contributed by atoms with Crippen molar-refractivity contribution in [2.75, 3.05) is 7.05 Å². The van der Waals surface area contributed by atoms with Crippen LogP contribution in [0.1, 0.15) is 54.9 Å². The zero-order valence-corrected chi connectivity index (χ0v) is 10.2. The molecule has 0 spiro atoms. The van der Waals surface area contributed by atoms with Crippen molar-refractivity contribution in [2.45, 2.75) is 60.4 Å². The maximum absolute atomic E-state index is 3.30. The van der Waals surface area contributed by atoms with E-state index in [2.05, 4.69) is 39.9 Å². The molecule has 1 N–H and O–H groups in total. The van der Waals surface area contributed by atoms with E-state index in [1.165, 1.54) is 6.42 Å². The quantitative estimate of drug-likeness (QED) is 0.674. The molecule has 0 saturated heterocycles. The third-order valence-corrected chi connectivity index (χ3v) is 1.65. The normalized spacial score (nSPS) is 12.0. The van der Waals surface area contributed by atoms with Crippen LogP contribution in [0.3, 0.4) is 0 Å². The summed E-state index contributed by atoms with van der Waals surface area (Å²) in [5, 5.41) is 3.30. The fourth-order valence-electron chi connectivity index (χ4n) is 1.41. The summed E-state index contributed by atoms with van der Waals surface area (Å²) in [5.74, 6) is 0. The fourth-order valence-corrected chi connectivity index (χ4v) is 1.41. The summed E-state index contributed by atoms with van der Waals surface area (Å²) >= 11 is 0. The van der Waals surface area contributed by atoms with Crippen molar-refractivity contribution in [3.05, 3.63) is 0 Å². The Kier molecular flexibility index (Phi) is 6.73. The van der Waals surface area contributed by atoms with Gasteiger partial charge in [0.2, 0.25) is 0 Å². The molecule has 12 heavy (non-hydrogen) atoms. The summed E-state index contributed by atoms with van der Waals surface area (Å²) in [6, 6.07) is 0. The van der Waals surface area contributed by atoms with E-state index in [0.717, 1.165) is 0 Å². The molecule has 0 fully saturated rings. The van der Waals surface area contributed by atoms with Crippen LogP contribution in [0.2, 0.25) is 0 Å². The Morgan fingerprint density at radius 2 is 1.25 bits per heavy atom. The first-order valence-corrected chi connectivity index (χ1v) is 4.96. The molecule has 0 aliphatic carbocycles. The van der Waals surface area contributed by atoms with Gasteiger partial charge in [-0.05, 0) is 32.7 Å². The van der Waals surface area contributed by atoms with E-state index in [1.807, 2.05) is 20.9 Å². The first-order chi connectivity index (χ1) is 5.27. The molecule has 0 atom stereocenters. The van der Waals surface area contributed by atoms with Crippen LogP contribution in [0.4, 0.5) is 0 Å². The van der Waals surface area contributed by atoms with Crippen molar-refractivity contribution in [3.8, 4) is 0 Å². The number of hydrogen-bond donors (Lipinski definition) is 1. The molecule has 0 unspecified atom stereocenters. The van der Waals surface area contributed by atoms with Crippen LogP contribution < -0.4 is 5.32 Å². The lowest BCUT2D eigenvalue weighted by Crippen LogP contribution is -2.39. The van der Waals surface area contributed by atoms with E-state index in [-0.39, 0.29) is 5.54 Å². The Bertz CT molecular complexity index is 98.1. The van der Waals surface area contributed by atoms with Crippen LogP contribution >= 0.6 is 0 Å². The zero-order chi connectivity index (χ0) is 10.4. The SMILES string of the molecule is CC.CNC(C)(C)CC(C)(C)C. The molecule has 76 valence electrons. The second kappa shape index (κ2) is 5.58. The number of rotatable bonds is 2. The van der Waals surface area contributed by atoms with Gasteiger partial charge in [0.1, 0.15) is 0 Å². The van der Waals surface area contributed by atoms with Gasteiger partial charge in [0.05, 0.1) is 0 Å². The van der Waals surface area contributed by atoms with Gasteiger partial charge in [-0.25, -0.2) is 0 Å². The minimum absolute atomic E-state index is 0.276. The Hall–Kier alpha value is -0.0400. The first kappa shape index (κ1) is 14.5. The molecule has 0 radical (unpaired) electrons. The molecule has 0 rings (SSSR count). The van der Waals surface area contributed by atoms with E-state index >= 15 is 0 Å². The van der Waals surface area contributed by atoms with Gasteiger partial charge < -0.3 is 5.32 Å². The minimum atomic E-state index is 0.276. The Labute approximate surface area is 78.9 Å². The second-order valence-electron chi connectivity index (χ2n) is 4.87. The molecule has 0 saturated carbocycles. The summed E-state index contributed by atoms with van der Waals surface area (Å²) in [4.78, 5) is 0. The van der Waals surface area contributed by atoms with E-state index in [0.29, 0.717) is 5.41 Å². The average molecular weight is 173 g/mol. The second-order valence-corrected chi connectivity index (χ2v) is 4.87. The van der Waals surface area contributed by atoms with Gasteiger partial charge in [0.25, 0.3) is 0 Å². The van der Waals surface area contributed by atoms with Crippen molar-refractivity contribution in [3.63, 3.8) is 0 Å². The van der Waals surface area contributed by atoms with E-state index in [9.17, 15) is 0 Å². The molecule has 0 heterocycles. The topological polar surface area (TPSA) is 12.0 Å². The molecular formula is C11H27N. The minimum Gasteiger partial charge on any atom is -0.315 e. The maximum atomic E-state index is 3.30. The Morgan fingerprint density at radius 3 is 1.33 bits per heavy atom. The van der Waals surface area contributed by atoms with Crippen LogP contribution in [0.25, 0.3) is 0 Å². The molecule has 0 aromatic rings. The van der Waals surface area contributed by atoms with E-state index < -0.39 is 0 Å². The first-order valence-electron chi connectivity index (χ1n) is 4.96. The highest BCUT2D eigenvalue weighted by atomic mass is 14.9. The van der Waals surface area contributed by atoms with Crippen molar-refractivity contribution < 1.29 is 0 Å². The van der Waals surface area contributed by atoms with Crippen LogP contribution in [0, 0.1) is 5.41 Å². The van der Waals surface area contributed by atoms with Gasteiger partial charge in [0, 0.05) is 5.54 Å². The van der Waals surface area contributed by atoms with Gasteiger partial charge in [-0.3, -0.25) is 0 Å². The third kappa shape index (κ3) is 9.96. The summed E-state index contributed by atoms with van der Waals surface area (Å²) in [5.41, 5.74) is 0.699. The largest absolute Gasteiger partial charge is 0.315 e. The fraction of sp³-hybridized carbons (Fsp3) is 1.00. The Balaban J connectivity index is 0. The lowest BCUT2D eigenvalue weighted by Gasteiger charge is -2.31. The number of hydrogen-bond acceptors (Lipinski definition) is 1. The van der Waals surface area contributed by atoms with Crippen LogP contribution in [-0.4, -0.2) is 12.6 Å². The maximum Gasteiger partial charge on any atom is 0.0127 e. The predicted molar refractivity (Wildman–Crippen MR) is 58.6 cm³/mol. The summed E-state index contributed by atoms with van der Waals surface area (Å²) in [6.45, 7) is 15.3. The van der Waals surface area contributed by atoms with Crippen LogP contribution in [-0.2, 0) is 0 Å². The average Bonchev–Trinajstić information content (AvgIpc) is 1.88. The molecule has 0 aromatic heterocycles. The number of nitrogens with one attached hydrogen (secondary N) is 1. The van der Waals surface area contributed by atoms with Gasteiger partial charge in [-0.15, -0.1) is 0 Å². The van der Waals surface area contributed by atoms with E-state index in [4.69, 9.17) is 0 Å². The Morgan fingerprint density at radius 1 is 0.917 bits per heavy atom. The van der Waals surface area contributed by atoms with Gasteiger partial charge >= 0.3 is 0 Å². The zero-order valence-electron chi connectivity index (χ0n) is 10.2. The summed E-state index contributed by atoms with van der Waals surface area (Å²) in [6.07, 6.45) is 1.20. The molecule has 1 heteroatoms. The highest BCUT2D eigenvalue weighted by molar-refractivity contribution is 4.81. The van der Waals surface area contributed by atoms with Crippen molar-refractivity contribution in [2.24, 2.45) is 5.41 Å². The predicted octanol–water partition coefficient (Wildman–Crippen LogP) is 3.45. The molecule has 0 aliphatic heterocycles. The van der Waals surface area contributed by atoms with Gasteiger partial charge in [-0.2, -0.15) is 0 Å². The van der Waals surface area contributed by atoms with Crippen LogP contribution in [0.15, 0.2) is 0 Å². The van der Waals surface area contributed by atoms with E-state index in [1.54, 1.807) is 0 Å². The van der Waals surface area contributed by atoms with Crippen molar-refractivity contribution in [1.29, 1.82) is 0 Å². The smallest absolute Gasteiger partial charge is 0.0127 e. The lowest BCUT2D eigenvalue weighted by molar-refractivity contribution is 0.254. The van der Waals surface area contributed by atoms with Gasteiger partial charge in [0.15, 0.2) is 0 Å². The molecular weight excluding hydrogens is 146 g/mol. The molecule has 0 aromatic carbocycles. The summed E-state index contributed by atoms with van der Waals surface area (Å²) in [7, 11) is 2.02. The standard InChI is InChI=1S/C9H21N.C2H6/c1-8(2,3)7-9(4,5)10-6;1-2/h10H,7H2,1-6H3;1-2H3. The molecule has 0 bridgehead atoms. The van der Waals surface area contributed by atoms with Crippen molar-refractivity contribution in [1.82, 2.24) is 5.32 Å². The third-order valence-electron chi connectivity index (χ3n) is 1.65. The highest BCUT2D eigenvalue weighted by Crippen LogP contribution is 2.26. The van der Waals surface area contributed by atoms with Crippen molar-refractivity contribution >= 4 is 0 Å². The molecule has 0 amide bonds. The van der Waals surface area contributed by atoms with Crippen LogP contribution in [0.5, 0.6) is 0 Å². The molecule has 0 aliphatic rings. The molecule has 1 nitrogen and oxygen atoms in total. The summed E-state index contributed by atoms with van der Waals surface area (Å²) < 4.78 is 0. The van der Waals surface area contributed by atoms with Gasteiger partial charge in [-0.1, -0.05) is 34.6 Å². The monoisotopic (exact) mass is 173 g/mol. The highest BCUT2D eigenvalue weighted by Gasteiger charge is 2.22.